The third-order valence-electron chi connectivity index (χ3n) is 3.94. The van der Waals surface area contributed by atoms with Crippen molar-refractivity contribution in [1.82, 2.24) is 4.98 Å². The Morgan fingerprint density at radius 3 is 2.40 bits per heavy atom. The number of hydrogen-bond acceptors (Lipinski definition) is 3. The lowest BCUT2D eigenvalue weighted by atomic mass is 9.83. The van der Waals surface area contributed by atoms with Crippen molar-refractivity contribution in [3.63, 3.8) is 0 Å². The Morgan fingerprint density at radius 2 is 1.85 bits per heavy atom. The van der Waals surface area contributed by atoms with Crippen LogP contribution in [-0.2, 0) is 0 Å². The van der Waals surface area contributed by atoms with Gasteiger partial charge < -0.3 is 5.11 Å². The molecule has 2 atom stereocenters. The number of aromatic carboxylic acids is 1. The molecule has 20 heavy (non-hydrogen) atoms. The van der Waals surface area contributed by atoms with Crippen LogP contribution >= 0.6 is 11.8 Å². The fourth-order valence-electron chi connectivity index (χ4n) is 3.28. The van der Waals surface area contributed by atoms with Crippen LogP contribution in [0.4, 0.5) is 0 Å². The first kappa shape index (κ1) is 15.4. The third-order valence-corrected chi connectivity index (χ3v) is 5.18. The number of carboxylic acids is 1. The molecule has 1 aliphatic carbocycles. The molecule has 1 aromatic heterocycles. The molecule has 0 aliphatic heterocycles. The summed E-state index contributed by atoms with van der Waals surface area (Å²) in [7, 11) is 0. The van der Waals surface area contributed by atoms with Crippen molar-refractivity contribution in [2.45, 2.75) is 57.2 Å². The molecule has 4 heteroatoms. The maximum Gasteiger partial charge on any atom is 0.338 e. The van der Waals surface area contributed by atoms with Gasteiger partial charge in [0.05, 0.1) is 5.56 Å². The summed E-state index contributed by atoms with van der Waals surface area (Å²) in [4.78, 5) is 16.0. The number of rotatable bonds is 3. The zero-order valence-corrected chi connectivity index (χ0v) is 13.5. The summed E-state index contributed by atoms with van der Waals surface area (Å²) in [6.07, 6.45) is 3.59. The van der Waals surface area contributed by atoms with Gasteiger partial charge in [0.15, 0.2) is 0 Å². The quantitative estimate of drug-likeness (QED) is 0.902. The summed E-state index contributed by atoms with van der Waals surface area (Å²) in [5, 5.41) is 10.6. The average molecular weight is 293 g/mol. The van der Waals surface area contributed by atoms with E-state index < -0.39 is 5.97 Å². The van der Waals surface area contributed by atoms with Crippen LogP contribution in [0, 0.1) is 25.7 Å². The molecule has 2 unspecified atom stereocenters. The highest BCUT2D eigenvalue weighted by Crippen LogP contribution is 2.39. The second-order valence-electron chi connectivity index (χ2n) is 6.22. The van der Waals surface area contributed by atoms with Crippen LogP contribution in [-0.4, -0.2) is 21.3 Å². The lowest BCUT2D eigenvalue weighted by molar-refractivity contribution is 0.0691. The molecule has 0 saturated heterocycles. The van der Waals surface area contributed by atoms with Gasteiger partial charge in [-0.1, -0.05) is 13.8 Å². The number of aromatic nitrogens is 1. The van der Waals surface area contributed by atoms with Crippen LogP contribution in [0.2, 0.25) is 0 Å². The molecule has 1 N–H and O–H groups in total. The Morgan fingerprint density at radius 1 is 1.25 bits per heavy atom. The monoisotopic (exact) mass is 293 g/mol. The highest BCUT2D eigenvalue weighted by atomic mass is 32.2. The highest BCUT2D eigenvalue weighted by Gasteiger charge is 2.27. The van der Waals surface area contributed by atoms with E-state index in [9.17, 15) is 9.90 Å². The first-order valence-corrected chi connectivity index (χ1v) is 8.13. The number of thioether (sulfide) groups is 1. The SMILES string of the molecule is Cc1cc(C)c(C(=O)O)c(SC2CC(C)CC(C)C2)n1. The molecule has 0 aromatic carbocycles. The van der Waals surface area contributed by atoms with E-state index >= 15 is 0 Å². The van der Waals surface area contributed by atoms with Gasteiger partial charge in [-0.05, 0) is 56.6 Å². The van der Waals surface area contributed by atoms with E-state index in [1.165, 1.54) is 6.42 Å². The molecule has 3 nitrogen and oxygen atoms in total. The van der Waals surface area contributed by atoms with Gasteiger partial charge in [-0.25, -0.2) is 9.78 Å². The Balaban J connectivity index is 2.26. The van der Waals surface area contributed by atoms with Gasteiger partial charge >= 0.3 is 5.97 Å². The predicted octanol–water partition coefficient (Wildman–Crippen LogP) is 4.31. The van der Waals surface area contributed by atoms with Gasteiger partial charge in [-0.15, -0.1) is 11.8 Å². The molecule has 0 bridgehead atoms. The highest BCUT2D eigenvalue weighted by molar-refractivity contribution is 7.99. The van der Waals surface area contributed by atoms with Gasteiger partial charge in [0, 0.05) is 10.9 Å². The molecule has 0 radical (unpaired) electrons. The molecular weight excluding hydrogens is 270 g/mol. The lowest BCUT2D eigenvalue weighted by Crippen LogP contribution is -2.22. The van der Waals surface area contributed by atoms with E-state index in [0.717, 1.165) is 35.9 Å². The van der Waals surface area contributed by atoms with Crippen LogP contribution in [0.15, 0.2) is 11.1 Å². The molecule has 1 heterocycles. The molecule has 0 spiro atoms. The number of pyridine rings is 1. The normalized spacial score (nSPS) is 26.5. The lowest BCUT2D eigenvalue weighted by Gasteiger charge is -2.31. The van der Waals surface area contributed by atoms with Crippen molar-refractivity contribution >= 4 is 17.7 Å². The zero-order valence-electron chi connectivity index (χ0n) is 12.6. The van der Waals surface area contributed by atoms with E-state index in [4.69, 9.17) is 0 Å². The maximum atomic E-state index is 11.5. The van der Waals surface area contributed by atoms with Crippen molar-refractivity contribution in [2.24, 2.45) is 11.8 Å². The number of aryl methyl sites for hydroxylation is 2. The summed E-state index contributed by atoms with van der Waals surface area (Å²) in [6, 6.07) is 1.85. The van der Waals surface area contributed by atoms with Gasteiger partial charge in [-0.3, -0.25) is 0 Å². The molecule has 2 rings (SSSR count). The number of hydrogen-bond donors (Lipinski definition) is 1. The summed E-state index contributed by atoms with van der Waals surface area (Å²) in [5.74, 6) is 0.570. The van der Waals surface area contributed by atoms with Gasteiger partial charge in [0.1, 0.15) is 5.03 Å². The van der Waals surface area contributed by atoms with E-state index in [1.54, 1.807) is 11.8 Å². The molecule has 1 aliphatic rings. The van der Waals surface area contributed by atoms with Crippen molar-refractivity contribution in [1.29, 1.82) is 0 Å². The first-order chi connectivity index (χ1) is 9.36. The molecular formula is C16H23NO2S. The summed E-state index contributed by atoms with van der Waals surface area (Å²) >= 11 is 1.66. The molecule has 1 aromatic rings. The molecule has 1 saturated carbocycles. The van der Waals surface area contributed by atoms with Crippen LogP contribution in [0.25, 0.3) is 0 Å². The van der Waals surface area contributed by atoms with Gasteiger partial charge in [0.25, 0.3) is 0 Å². The van der Waals surface area contributed by atoms with Crippen LogP contribution in [0.1, 0.15) is 54.7 Å². The van der Waals surface area contributed by atoms with Crippen molar-refractivity contribution < 1.29 is 9.90 Å². The minimum Gasteiger partial charge on any atom is -0.478 e. The first-order valence-electron chi connectivity index (χ1n) is 7.25. The van der Waals surface area contributed by atoms with E-state index in [-0.39, 0.29) is 0 Å². The predicted molar refractivity (Wildman–Crippen MR) is 82.5 cm³/mol. The summed E-state index contributed by atoms with van der Waals surface area (Å²) in [6.45, 7) is 8.36. The standard InChI is InChI=1S/C16H23NO2S/c1-9-5-10(2)7-13(6-9)20-15-14(16(18)19)11(3)8-12(4)17-15/h8-10,13H,5-7H2,1-4H3,(H,18,19). The van der Waals surface area contributed by atoms with Crippen LogP contribution in [0.3, 0.4) is 0 Å². The summed E-state index contributed by atoms with van der Waals surface area (Å²) < 4.78 is 0. The minimum absolute atomic E-state index is 0.381. The average Bonchev–Trinajstić information content (AvgIpc) is 2.25. The van der Waals surface area contributed by atoms with Crippen LogP contribution in [0.5, 0.6) is 0 Å². The zero-order chi connectivity index (χ0) is 14.9. The van der Waals surface area contributed by atoms with E-state index in [2.05, 4.69) is 18.8 Å². The Kier molecular flexibility index (Phi) is 4.74. The second-order valence-corrected chi connectivity index (χ2v) is 7.51. The molecule has 110 valence electrons. The number of nitrogens with zero attached hydrogens (tertiary/aromatic N) is 1. The van der Waals surface area contributed by atoms with Crippen LogP contribution < -0.4 is 0 Å². The minimum atomic E-state index is -0.866. The summed E-state index contributed by atoms with van der Waals surface area (Å²) in [5.41, 5.74) is 2.09. The fraction of sp³-hybridized carbons (Fsp3) is 0.625. The molecule has 1 fully saturated rings. The third kappa shape index (κ3) is 3.54. The van der Waals surface area contributed by atoms with E-state index in [0.29, 0.717) is 15.8 Å². The second kappa shape index (κ2) is 6.17. The van der Waals surface area contributed by atoms with Gasteiger partial charge in [-0.2, -0.15) is 0 Å². The fourth-order valence-corrected chi connectivity index (χ4v) is 5.00. The maximum absolute atomic E-state index is 11.5. The Labute approximate surface area is 125 Å². The van der Waals surface area contributed by atoms with Crippen molar-refractivity contribution in [3.05, 3.63) is 22.9 Å². The van der Waals surface area contributed by atoms with Gasteiger partial charge in [0.2, 0.25) is 0 Å². The Hall–Kier alpha value is -1.03. The Bertz CT molecular complexity index is 505. The number of carbonyl (C=O) groups is 1. The van der Waals surface area contributed by atoms with E-state index in [1.807, 2.05) is 19.9 Å². The van der Waals surface area contributed by atoms with Crippen molar-refractivity contribution in [2.75, 3.05) is 0 Å². The smallest absolute Gasteiger partial charge is 0.338 e. The van der Waals surface area contributed by atoms with Crippen molar-refractivity contribution in [3.8, 4) is 0 Å². The largest absolute Gasteiger partial charge is 0.478 e. The molecule has 0 amide bonds. The number of carboxylic acid groups (broad SMARTS) is 1. The topological polar surface area (TPSA) is 50.2 Å².